The van der Waals surface area contributed by atoms with Crippen molar-refractivity contribution in [3.8, 4) is 17.0 Å². The van der Waals surface area contributed by atoms with Gasteiger partial charge in [0.2, 0.25) is 5.91 Å². The van der Waals surface area contributed by atoms with Gasteiger partial charge in [-0.2, -0.15) is 0 Å². The number of carbonyl (C=O) groups excluding carboxylic acids is 1. The number of phenolic OH excluding ortho intramolecular Hbond substituents is 1. The fourth-order valence-corrected chi connectivity index (χ4v) is 4.34. The molecule has 1 aliphatic carbocycles. The monoisotopic (exact) mass is 479 g/mol. The summed E-state index contributed by atoms with van der Waals surface area (Å²) < 4.78 is 0.988. The minimum Gasteiger partial charge on any atom is -0.508 e. The number of nitrogens with one attached hydrogen (secondary N) is 1. The van der Waals surface area contributed by atoms with Crippen LogP contribution in [-0.2, 0) is 17.6 Å². The summed E-state index contributed by atoms with van der Waals surface area (Å²) in [6.45, 7) is 0. The highest BCUT2D eigenvalue weighted by molar-refractivity contribution is 9.10. The molecule has 6 heteroatoms. The SMILES string of the molecule is O=C(Cc1ccc(Br)cc1)Nc1ncc(-c2ccc(O)cc2)nc1CC1CCCCC1. The van der Waals surface area contributed by atoms with Gasteiger partial charge < -0.3 is 10.4 Å². The van der Waals surface area contributed by atoms with Crippen LogP contribution in [0.5, 0.6) is 5.75 Å². The maximum absolute atomic E-state index is 12.7. The first-order valence-electron chi connectivity index (χ1n) is 10.8. The van der Waals surface area contributed by atoms with E-state index in [1.54, 1.807) is 18.3 Å². The average Bonchev–Trinajstić information content (AvgIpc) is 2.78. The molecule has 2 N–H and O–H groups in total. The quantitative estimate of drug-likeness (QED) is 0.460. The van der Waals surface area contributed by atoms with E-state index in [4.69, 9.17) is 4.98 Å². The average molecular weight is 480 g/mol. The van der Waals surface area contributed by atoms with Gasteiger partial charge in [0.1, 0.15) is 5.75 Å². The first-order valence-corrected chi connectivity index (χ1v) is 11.6. The lowest BCUT2D eigenvalue weighted by Gasteiger charge is -2.22. The molecule has 1 amide bonds. The molecule has 160 valence electrons. The molecule has 0 radical (unpaired) electrons. The normalized spacial score (nSPS) is 14.4. The molecule has 0 spiro atoms. The number of rotatable bonds is 6. The summed E-state index contributed by atoms with van der Waals surface area (Å²) >= 11 is 3.42. The lowest BCUT2D eigenvalue weighted by molar-refractivity contribution is -0.115. The number of hydrogen-bond acceptors (Lipinski definition) is 4. The number of hydrogen-bond donors (Lipinski definition) is 2. The highest BCUT2D eigenvalue weighted by Gasteiger charge is 2.19. The standard InChI is InChI=1S/C25H26BrN3O2/c26-20-10-6-18(7-11-20)15-24(31)29-25-22(14-17-4-2-1-3-5-17)28-23(16-27-25)19-8-12-21(30)13-9-19/h6-13,16-17,30H,1-5,14-15H2,(H,27,29,31). The van der Waals surface area contributed by atoms with Crippen LogP contribution in [0.3, 0.4) is 0 Å². The molecule has 1 fully saturated rings. The minimum atomic E-state index is -0.0982. The molecule has 1 aromatic heterocycles. The van der Waals surface area contributed by atoms with Crippen molar-refractivity contribution in [3.63, 3.8) is 0 Å². The number of anilines is 1. The van der Waals surface area contributed by atoms with E-state index in [0.717, 1.165) is 33.4 Å². The third-order valence-corrected chi connectivity index (χ3v) is 6.28. The van der Waals surface area contributed by atoms with E-state index in [2.05, 4.69) is 26.2 Å². The summed E-state index contributed by atoms with van der Waals surface area (Å²) in [7, 11) is 0. The number of aromatic nitrogens is 2. The van der Waals surface area contributed by atoms with Gasteiger partial charge in [-0.15, -0.1) is 0 Å². The van der Waals surface area contributed by atoms with E-state index in [-0.39, 0.29) is 18.1 Å². The zero-order valence-corrected chi connectivity index (χ0v) is 18.9. The number of amides is 1. The van der Waals surface area contributed by atoms with E-state index < -0.39 is 0 Å². The molecule has 3 aromatic rings. The van der Waals surface area contributed by atoms with Gasteiger partial charge in [-0.05, 0) is 54.3 Å². The van der Waals surface area contributed by atoms with Crippen LogP contribution in [0.4, 0.5) is 5.82 Å². The Balaban J connectivity index is 1.56. The van der Waals surface area contributed by atoms with Gasteiger partial charge in [0.25, 0.3) is 0 Å². The largest absolute Gasteiger partial charge is 0.508 e. The number of nitrogens with zero attached hydrogens (tertiary/aromatic N) is 2. The molecule has 0 aliphatic heterocycles. The second kappa shape index (κ2) is 10.1. The van der Waals surface area contributed by atoms with Crippen LogP contribution in [0.2, 0.25) is 0 Å². The van der Waals surface area contributed by atoms with Crippen molar-refractivity contribution < 1.29 is 9.90 Å². The molecule has 4 rings (SSSR count). The topological polar surface area (TPSA) is 75.1 Å². The molecule has 0 bridgehead atoms. The zero-order chi connectivity index (χ0) is 21.6. The lowest BCUT2D eigenvalue weighted by atomic mass is 9.86. The van der Waals surface area contributed by atoms with Crippen molar-refractivity contribution in [2.75, 3.05) is 5.32 Å². The summed E-state index contributed by atoms with van der Waals surface area (Å²) in [5.74, 6) is 1.24. The number of phenols is 1. The summed E-state index contributed by atoms with van der Waals surface area (Å²) in [4.78, 5) is 22.1. The first-order chi connectivity index (χ1) is 15.1. The summed E-state index contributed by atoms with van der Waals surface area (Å²) in [6.07, 6.45) is 8.97. The van der Waals surface area contributed by atoms with E-state index in [0.29, 0.717) is 11.7 Å². The van der Waals surface area contributed by atoms with Crippen molar-refractivity contribution >= 4 is 27.7 Å². The van der Waals surface area contributed by atoms with Crippen LogP contribution in [0, 0.1) is 5.92 Å². The maximum Gasteiger partial charge on any atom is 0.229 e. The summed E-state index contributed by atoms with van der Waals surface area (Å²) in [5.41, 5.74) is 3.42. The van der Waals surface area contributed by atoms with Crippen LogP contribution in [0.1, 0.15) is 43.4 Å². The summed E-state index contributed by atoms with van der Waals surface area (Å²) in [5, 5.41) is 12.6. The Bertz CT molecular complexity index is 1030. The van der Waals surface area contributed by atoms with Crippen LogP contribution in [0.15, 0.2) is 59.2 Å². The fourth-order valence-electron chi connectivity index (χ4n) is 4.07. The van der Waals surface area contributed by atoms with Crippen LogP contribution in [-0.4, -0.2) is 21.0 Å². The molecular weight excluding hydrogens is 454 g/mol. The molecule has 1 heterocycles. The van der Waals surface area contributed by atoms with Crippen LogP contribution < -0.4 is 5.32 Å². The van der Waals surface area contributed by atoms with Crippen LogP contribution in [0.25, 0.3) is 11.3 Å². The van der Waals surface area contributed by atoms with Crippen molar-refractivity contribution in [1.29, 1.82) is 0 Å². The van der Waals surface area contributed by atoms with Gasteiger partial charge >= 0.3 is 0 Å². The number of benzene rings is 2. The maximum atomic E-state index is 12.7. The highest BCUT2D eigenvalue weighted by atomic mass is 79.9. The number of halogens is 1. The Hall–Kier alpha value is -2.73. The number of carbonyl (C=O) groups is 1. The molecule has 1 aliphatic rings. The smallest absolute Gasteiger partial charge is 0.229 e. The molecule has 0 saturated heterocycles. The Labute approximate surface area is 191 Å². The van der Waals surface area contributed by atoms with Gasteiger partial charge in [0.05, 0.1) is 24.0 Å². The molecular formula is C25H26BrN3O2. The van der Waals surface area contributed by atoms with Gasteiger partial charge in [0, 0.05) is 10.0 Å². The fraction of sp³-hybridized carbons (Fsp3) is 0.320. The van der Waals surface area contributed by atoms with Gasteiger partial charge in [-0.25, -0.2) is 9.97 Å². The zero-order valence-electron chi connectivity index (χ0n) is 17.4. The second-order valence-corrected chi connectivity index (χ2v) is 9.07. The Morgan fingerprint density at radius 2 is 1.74 bits per heavy atom. The summed E-state index contributed by atoms with van der Waals surface area (Å²) in [6, 6.07) is 14.7. The van der Waals surface area contributed by atoms with Gasteiger partial charge in [-0.3, -0.25) is 4.79 Å². The molecule has 2 aromatic carbocycles. The van der Waals surface area contributed by atoms with E-state index in [1.807, 2.05) is 36.4 Å². The number of aromatic hydroxyl groups is 1. The van der Waals surface area contributed by atoms with Gasteiger partial charge in [-0.1, -0.05) is 60.2 Å². The van der Waals surface area contributed by atoms with Gasteiger partial charge in [0.15, 0.2) is 5.82 Å². The third-order valence-electron chi connectivity index (χ3n) is 5.75. The van der Waals surface area contributed by atoms with Crippen LogP contribution >= 0.6 is 15.9 Å². The first kappa shape index (κ1) is 21.5. The van der Waals surface area contributed by atoms with Crippen molar-refractivity contribution in [1.82, 2.24) is 9.97 Å². The Morgan fingerprint density at radius 3 is 2.45 bits per heavy atom. The van der Waals surface area contributed by atoms with E-state index in [1.165, 1.54) is 32.1 Å². The lowest BCUT2D eigenvalue weighted by Crippen LogP contribution is -2.19. The predicted octanol–water partition coefficient (Wildman–Crippen LogP) is 5.92. The third kappa shape index (κ3) is 5.91. The van der Waals surface area contributed by atoms with Crippen molar-refractivity contribution in [3.05, 3.63) is 70.5 Å². The Kier molecular flexibility index (Phi) is 6.97. The second-order valence-electron chi connectivity index (χ2n) is 8.16. The minimum absolute atomic E-state index is 0.0982. The molecule has 0 unspecified atom stereocenters. The Morgan fingerprint density at radius 1 is 1.03 bits per heavy atom. The van der Waals surface area contributed by atoms with Crippen molar-refractivity contribution in [2.24, 2.45) is 5.92 Å². The van der Waals surface area contributed by atoms with Crippen molar-refractivity contribution in [2.45, 2.75) is 44.9 Å². The molecule has 1 saturated carbocycles. The molecule has 5 nitrogen and oxygen atoms in total. The predicted molar refractivity (Wildman–Crippen MR) is 126 cm³/mol. The molecule has 31 heavy (non-hydrogen) atoms. The van der Waals surface area contributed by atoms with E-state index in [9.17, 15) is 9.90 Å². The van der Waals surface area contributed by atoms with E-state index >= 15 is 0 Å². The highest BCUT2D eigenvalue weighted by Crippen LogP contribution is 2.29. The molecule has 0 atom stereocenters.